The number of aryl methyl sites for hydroxylation is 1. The number of rotatable bonds is 7. The number of thioether (sulfide) groups is 1. The Balaban J connectivity index is 3.25. The third-order valence-corrected chi connectivity index (χ3v) is 5.62. The van der Waals surface area contributed by atoms with Gasteiger partial charge in [0.25, 0.3) is 0 Å². The Morgan fingerprint density at radius 1 is 1.30 bits per heavy atom. The van der Waals surface area contributed by atoms with Gasteiger partial charge in [0, 0.05) is 17.5 Å². The van der Waals surface area contributed by atoms with Crippen LogP contribution in [0.5, 0.6) is 0 Å². The van der Waals surface area contributed by atoms with Gasteiger partial charge in [0.15, 0.2) is 0 Å². The monoisotopic (exact) mass is 316 g/mol. The minimum Gasteiger partial charge on any atom is -0.398 e. The molecule has 0 fully saturated rings. The third kappa shape index (κ3) is 4.14. The van der Waals surface area contributed by atoms with Gasteiger partial charge >= 0.3 is 0 Å². The van der Waals surface area contributed by atoms with Gasteiger partial charge in [0.2, 0.25) is 10.0 Å². The Hall–Kier alpha value is -0.720. The van der Waals surface area contributed by atoms with Crippen LogP contribution in [0.2, 0.25) is 0 Å². The maximum absolute atomic E-state index is 12.5. The molecule has 4 nitrogen and oxygen atoms in total. The van der Waals surface area contributed by atoms with E-state index in [9.17, 15) is 8.42 Å². The fourth-order valence-electron chi connectivity index (χ4n) is 2.16. The summed E-state index contributed by atoms with van der Waals surface area (Å²) in [4.78, 5) is 0.324. The number of nitrogens with two attached hydrogens (primary N) is 1. The van der Waals surface area contributed by atoms with Crippen molar-refractivity contribution in [2.75, 3.05) is 17.7 Å². The molecular weight excluding hydrogens is 292 g/mol. The fraction of sp³-hybridized carbons (Fsp3) is 0.571. The van der Waals surface area contributed by atoms with E-state index in [0.717, 1.165) is 17.7 Å². The normalized spacial score (nSPS) is 13.4. The average molecular weight is 316 g/mol. The Kier molecular flexibility index (Phi) is 6.36. The van der Waals surface area contributed by atoms with E-state index in [-0.39, 0.29) is 6.04 Å². The fourth-order valence-corrected chi connectivity index (χ4v) is 4.48. The second-order valence-corrected chi connectivity index (χ2v) is 7.44. The molecule has 1 aromatic carbocycles. The minimum absolute atomic E-state index is 0.105. The van der Waals surface area contributed by atoms with Gasteiger partial charge in [-0.25, -0.2) is 13.1 Å². The maximum Gasteiger partial charge on any atom is 0.241 e. The number of anilines is 1. The summed E-state index contributed by atoms with van der Waals surface area (Å²) in [5, 5.41) is 0. The highest BCUT2D eigenvalue weighted by atomic mass is 32.2. The first-order valence-corrected chi connectivity index (χ1v) is 9.65. The summed E-state index contributed by atoms with van der Waals surface area (Å²) in [6, 6.07) is 3.50. The summed E-state index contributed by atoms with van der Waals surface area (Å²) >= 11 is 1.61. The van der Waals surface area contributed by atoms with Gasteiger partial charge < -0.3 is 5.73 Å². The lowest BCUT2D eigenvalue weighted by molar-refractivity contribution is 0.570. The van der Waals surface area contributed by atoms with Crippen LogP contribution in [0.1, 0.15) is 31.9 Å². The zero-order chi connectivity index (χ0) is 15.3. The van der Waals surface area contributed by atoms with Crippen molar-refractivity contribution in [2.24, 2.45) is 0 Å². The third-order valence-electron chi connectivity index (χ3n) is 3.13. The number of nitrogens with one attached hydrogen (secondary N) is 1. The number of nitrogen functional groups attached to an aromatic ring is 1. The summed E-state index contributed by atoms with van der Waals surface area (Å²) in [5.41, 5.74) is 8.20. The molecule has 0 aliphatic heterocycles. The molecule has 20 heavy (non-hydrogen) atoms. The molecule has 1 rings (SSSR count). The van der Waals surface area contributed by atoms with Crippen molar-refractivity contribution in [3.63, 3.8) is 0 Å². The lowest BCUT2D eigenvalue weighted by atomic mass is 10.1. The molecule has 0 heterocycles. The van der Waals surface area contributed by atoms with Crippen molar-refractivity contribution in [3.05, 3.63) is 23.3 Å². The SMILES string of the molecule is CCc1cc(N)c(CC)c(S(=O)(=O)NC(C)CSC)c1. The average Bonchev–Trinajstić information content (AvgIpc) is 2.37. The zero-order valence-corrected chi connectivity index (χ0v) is 14.2. The molecule has 3 N–H and O–H groups in total. The second-order valence-electron chi connectivity index (χ2n) is 4.85. The van der Waals surface area contributed by atoms with Gasteiger partial charge in [-0.1, -0.05) is 13.8 Å². The predicted molar refractivity (Wildman–Crippen MR) is 87.8 cm³/mol. The summed E-state index contributed by atoms with van der Waals surface area (Å²) in [6.45, 7) is 5.77. The Bertz CT molecular complexity index is 557. The Morgan fingerprint density at radius 3 is 2.45 bits per heavy atom. The quantitative estimate of drug-likeness (QED) is 0.758. The summed E-state index contributed by atoms with van der Waals surface area (Å²) < 4.78 is 27.8. The van der Waals surface area contributed by atoms with E-state index < -0.39 is 10.0 Å². The van der Waals surface area contributed by atoms with Crippen molar-refractivity contribution in [3.8, 4) is 0 Å². The van der Waals surface area contributed by atoms with Gasteiger partial charge in [-0.2, -0.15) is 11.8 Å². The molecule has 1 unspecified atom stereocenters. The summed E-state index contributed by atoms with van der Waals surface area (Å²) in [5.74, 6) is 0.740. The maximum atomic E-state index is 12.5. The van der Waals surface area contributed by atoms with Crippen LogP contribution in [-0.2, 0) is 22.9 Å². The first kappa shape index (κ1) is 17.3. The predicted octanol–water partition coefficient (Wildman–Crippen LogP) is 2.42. The highest BCUT2D eigenvalue weighted by molar-refractivity contribution is 7.98. The molecule has 0 aromatic heterocycles. The number of sulfonamides is 1. The van der Waals surface area contributed by atoms with E-state index in [2.05, 4.69) is 4.72 Å². The summed E-state index contributed by atoms with van der Waals surface area (Å²) in [6.07, 6.45) is 3.32. The number of benzene rings is 1. The molecule has 1 aromatic rings. The molecule has 0 aliphatic rings. The minimum atomic E-state index is -3.52. The van der Waals surface area contributed by atoms with Crippen LogP contribution >= 0.6 is 11.8 Å². The Morgan fingerprint density at radius 2 is 1.95 bits per heavy atom. The largest absolute Gasteiger partial charge is 0.398 e. The van der Waals surface area contributed by atoms with Crippen LogP contribution in [0.3, 0.4) is 0 Å². The van der Waals surface area contributed by atoms with Crippen LogP contribution in [0.4, 0.5) is 5.69 Å². The zero-order valence-electron chi connectivity index (χ0n) is 12.6. The van der Waals surface area contributed by atoms with E-state index in [1.807, 2.05) is 33.1 Å². The van der Waals surface area contributed by atoms with E-state index in [1.54, 1.807) is 17.8 Å². The molecular formula is C14H24N2O2S2. The first-order valence-electron chi connectivity index (χ1n) is 6.78. The number of hydrogen-bond acceptors (Lipinski definition) is 4. The molecule has 114 valence electrons. The van der Waals surface area contributed by atoms with Crippen LogP contribution < -0.4 is 10.5 Å². The van der Waals surface area contributed by atoms with Gasteiger partial charge in [-0.3, -0.25) is 0 Å². The van der Waals surface area contributed by atoms with Crippen LogP contribution in [0, 0.1) is 0 Å². The molecule has 0 aliphatic carbocycles. The van der Waals surface area contributed by atoms with Gasteiger partial charge in [-0.15, -0.1) is 0 Å². The van der Waals surface area contributed by atoms with Crippen molar-refractivity contribution in [1.82, 2.24) is 4.72 Å². The molecule has 6 heteroatoms. The van der Waals surface area contributed by atoms with Gasteiger partial charge in [0.05, 0.1) is 4.90 Å². The highest BCUT2D eigenvalue weighted by Crippen LogP contribution is 2.25. The van der Waals surface area contributed by atoms with Gasteiger partial charge in [0.1, 0.15) is 0 Å². The Labute approximate surface area is 126 Å². The van der Waals surface area contributed by atoms with Gasteiger partial charge in [-0.05, 0) is 49.3 Å². The van der Waals surface area contributed by atoms with Crippen molar-refractivity contribution in [2.45, 2.75) is 44.6 Å². The molecule has 0 saturated heterocycles. The highest BCUT2D eigenvalue weighted by Gasteiger charge is 2.22. The van der Waals surface area contributed by atoms with E-state index >= 15 is 0 Å². The second kappa shape index (κ2) is 7.33. The smallest absolute Gasteiger partial charge is 0.241 e. The van der Waals surface area contributed by atoms with Crippen LogP contribution in [-0.4, -0.2) is 26.5 Å². The van der Waals surface area contributed by atoms with E-state index in [0.29, 0.717) is 22.6 Å². The van der Waals surface area contributed by atoms with E-state index in [1.165, 1.54) is 0 Å². The first-order chi connectivity index (χ1) is 9.35. The molecule has 0 spiro atoms. The van der Waals surface area contributed by atoms with E-state index in [4.69, 9.17) is 5.73 Å². The topological polar surface area (TPSA) is 72.2 Å². The molecule has 0 amide bonds. The van der Waals surface area contributed by atoms with Crippen molar-refractivity contribution in [1.29, 1.82) is 0 Å². The number of hydrogen-bond donors (Lipinski definition) is 2. The lowest BCUT2D eigenvalue weighted by Crippen LogP contribution is -2.35. The van der Waals surface area contributed by atoms with Crippen LogP contribution in [0.25, 0.3) is 0 Å². The summed E-state index contributed by atoms with van der Waals surface area (Å²) in [7, 11) is -3.52. The standard InChI is InChI=1S/C14H24N2O2S2/c1-5-11-7-13(15)12(6-2)14(8-11)20(17,18)16-10(3)9-19-4/h7-8,10,16H,5-6,9,15H2,1-4H3. The van der Waals surface area contributed by atoms with Crippen molar-refractivity contribution >= 4 is 27.5 Å². The molecule has 0 saturated carbocycles. The van der Waals surface area contributed by atoms with Crippen LogP contribution in [0.15, 0.2) is 17.0 Å². The molecule has 1 atom stereocenters. The van der Waals surface area contributed by atoms with Crippen molar-refractivity contribution < 1.29 is 8.42 Å². The molecule has 0 bridgehead atoms. The molecule has 0 radical (unpaired) electrons. The lowest BCUT2D eigenvalue weighted by Gasteiger charge is -2.17.